The van der Waals surface area contributed by atoms with E-state index in [0.717, 1.165) is 11.4 Å². The summed E-state index contributed by atoms with van der Waals surface area (Å²) in [5.74, 6) is 0. The third-order valence-electron chi connectivity index (χ3n) is 2.70. The SMILES string of the molecule is CCn1ccn(Cc2cc(NC)ccn2)c1=O. The van der Waals surface area contributed by atoms with Crippen LogP contribution >= 0.6 is 0 Å². The number of hydrogen-bond acceptors (Lipinski definition) is 3. The van der Waals surface area contributed by atoms with Gasteiger partial charge in [-0.25, -0.2) is 4.79 Å². The first-order chi connectivity index (χ1) is 8.24. The Morgan fingerprint density at radius 2 is 2.12 bits per heavy atom. The Balaban J connectivity index is 2.25. The molecular formula is C12H16N4O. The van der Waals surface area contributed by atoms with E-state index in [9.17, 15) is 4.79 Å². The van der Waals surface area contributed by atoms with Crippen LogP contribution in [0.2, 0.25) is 0 Å². The van der Waals surface area contributed by atoms with Crippen molar-refractivity contribution in [3.63, 3.8) is 0 Å². The molecular weight excluding hydrogens is 216 g/mol. The molecule has 0 radical (unpaired) electrons. The maximum Gasteiger partial charge on any atom is 0.328 e. The van der Waals surface area contributed by atoms with Crippen LogP contribution in [0.5, 0.6) is 0 Å². The molecule has 2 aromatic rings. The Morgan fingerprint density at radius 3 is 2.76 bits per heavy atom. The second kappa shape index (κ2) is 4.86. The number of anilines is 1. The molecule has 5 heteroatoms. The van der Waals surface area contributed by atoms with Crippen LogP contribution < -0.4 is 11.0 Å². The zero-order valence-electron chi connectivity index (χ0n) is 10.1. The lowest BCUT2D eigenvalue weighted by molar-refractivity contribution is 0.662. The van der Waals surface area contributed by atoms with Crippen molar-refractivity contribution in [2.45, 2.75) is 20.0 Å². The van der Waals surface area contributed by atoms with Gasteiger partial charge in [-0.2, -0.15) is 0 Å². The van der Waals surface area contributed by atoms with E-state index in [-0.39, 0.29) is 5.69 Å². The van der Waals surface area contributed by atoms with Crippen LogP contribution in [0, 0.1) is 0 Å². The van der Waals surface area contributed by atoms with Gasteiger partial charge >= 0.3 is 5.69 Å². The maximum atomic E-state index is 11.8. The average Bonchev–Trinajstić information content (AvgIpc) is 2.71. The van der Waals surface area contributed by atoms with Crippen molar-refractivity contribution < 1.29 is 0 Å². The molecule has 5 nitrogen and oxygen atoms in total. The van der Waals surface area contributed by atoms with E-state index in [4.69, 9.17) is 0 Å². The number of aryl methyl sites for hydroxylation is 1. The highest BCUT2D eigenvalue weighted by atomic mass is 16.1. The standard InChI is InChI=1S/C12H16N4O/c1-3-15-6-7-16(12(15)17)9-11-8-10(13-2)4-5-14-11/h4-8H,3,9H2,1-2H3,(H,13,14). The minimum Gasteiger partial charge on any atom is -0.388 e. The third kappa shape index (κ3) is 2.38. The first kappa shape index (κ1) is 11.4. The maximum absolute atomic E-state index is 11.8. The van der Waals surface area contributed by atoms with E-state index < -0.39 is 0 Å². The Labute approximate surface area is 99.7 Å². The Morgan fingerprint density at radius 1 is 1.35 bits per heavy atom. The molecule has 90 valence electrons. The molecule has 0 saturated heterocycles. The van der Waals surface area contributed by atoms with E-state index >= 15 is 0 Å². The predicted molar refractivity (Wildman–Crippen MR) is 67.3 cm³/mol. The summed E-state index contributed by atoms with van der Waals surface area (Å²) in [6.45, 7) is 3.14. The van der Waals surface area contributed by atoms with Crippen LogP contribution in [0.3, 0.4) is 0 Å². The number of imidazole rings is 1. The first-order valence-corrected chi connectivity index (χ1v) is 5.63. The second-order valence-corrected chi connectivity index (χ2v) is 3.78. The number of aromatic nitrogens is 3. The average molecular weight is 232 g/mol. The summed E-state index contributed by atoms with van der Waals surface area (Å²) in [7, 11) is 1.86. The summed E-state index contributed by atoms with van der Waals surface area (Å²) in [6, 6.07) is 3.83. The molecule has 0 fully saturated rings. The van der Waals surface area contributed by atoms with Gasteiger partial charge in [-0.3, -0.25) is 14.1 Å². The number of rotatable bonds is 4. The number of hydrogen-bond donors (Lipinski definition) is 1. The van der Waals surface area contributed by atoms with E-state index in [1.54, 1.807) is 27.7 Å². The fourth-order valence-corrected chi connectivity index (χ4v) is 1.71. The van der Waals surface area contributed by atoms with Gasteiger partial charge in [-0.1, -0.05) is 0 Å². The van der Waals surface area contributed by atoms with E-state index in [1.165, 1.54) is 0 Å². The number of pyridine rings is 1. The van der Waals surface area contributed by atoms with Crippen molar-refractivity contribution in [3.05, 3.63) is 46.9 Å². The third-order valence-corrected chi connectivity index (χ3v) is 2.70. The first-order valence-electron chi connectivity index (χ1n) is 5.63. The smallest absolute Gasteiger partial charge is 0.328 e. The van der Waals surface area contributed by atoms with Crippen molar-refractivity contribution in [2.24, 2.45) is 0 Å². The largest absolute Gasteiger partial charge is 0.388 e. The van der Waals surface area contributed by atoms with Gasteiger partial charge in [-0.15, -0.1) is 0 Å². The van der Waals surface area contributed by atoms with Crippen LogP contribution in [0.1, 0.15) is 12.6 Å². The number of nitrogens with zero attached hydrogens (tertiary/aromatic N) is 3. The number of nitrogens with one attached hydrogen (secondary N) is 1. The molecule has 0 unspecified atom stereocenters. The Hall–Kier alpha value is -2.04. The lowest BCUT2D eigenvalue weighted by Gasteiger charge is -2.04. The molecule has 0 amide bonds. The zero-order chi connectivity index (χ0) is 12.3. The summed E-state index contributed by atoms with van der Waals surface area (Å²) in [5.41, 5.74) is 1.87. The van der Waals surface area contributed by atoms with Crippen LogP contribution in [-0.4, -0.2) is 21.2 Å². The van der Waals surface area contributed by atoms with Crippen molar-refractivity contribution in [1.82, 2.24) is 14.1 Å². The molecule has 0 bridgehead atoms. The van der Waals surface area contributed by atoms with Gasteiger partial charge in [0.1, 0.15) is 0 Å². The molecule has 0 atom stereocenters. The molecule has 1 N–H and O–H groups in total. The van der Waals surface area contributed by atoms with Crippen molar-refractivity contribution in [3.8, 4) is 0 Å². The molecule has 17 heavy (non-hydrogen) atoms. The summed E-state index contributed by atoms with van der Waals surface area (Å²) in [6.07, 6.45) is 5.33. The molecule has 0 aliphatic heterocycles. The van der Waals surface area contributed by atoms with E-state index in [1.807, 2.05) is 26.1 Å². The van der Waals surface area contributed by atoms with Crippen LogP contribution in [0.4, 0.5) is 5.69 Å². The van der Waals surface area contributed by atoms with Gasteiger partial charge in [-0.05, 0) is 19.1 Å². The topological polar surface area (TPSA) is 51.9 Å². The van der Waals surface area contributed by atoms with Crippen molar-refractivity contribution in [2.75, 3.05) is 12.4 Å². The highest BCUT2D eigenvalue weighted by Crippen LogP contribution is 2.07. The van der Waals surface area contributed by atoms with Crippen molar-refractivity contribution >= 4 is 5.69 Å². The van der Waals surface area contributed by atoms with Gasteiger partial charge in [0.15, 0.2) is 0 Å². The monoisotopic (exact) mass is 232 g/mol. The van der Waals surface area contributed by atoms with Crippen molar-refractivity contribution in [1.29, 1.82) is 0 Å². The zero-order valence-corrected chi connectivity index (χ0v) is 10.1. The van der Waals surface area contributed by atoms with Gasteiger partial charge in [0.25, 0.3) is 0 Å². The molecule has 0 saturated carbocycles. The van der Waals surface area contributed by atoms with E-state index in [0.29, 0.717) is 13.1 Å². The van der Waals surface area contributed by atoms with Crippen LogP contribution in [0.25, 0.3) is 0 Å². The summed E-state index contributed by atoms with van der Waals surface area (Å²) in [4.78, 5) is 16.1. The molecule has 0 aromatic carbocycles. The van der Waals surface area contributed by atoms with Gasteiger partial charge < -0.3 is 5.32 Å². The minimum absolute atomic E-state index is 0.00385. The second-order valence-electron chi connectivity index (χ2n) is 3.78. The quantitative estimate of drug-likeness (QED) is 0.860. The molecule has 0 aliphatic carbocycles. The van der Waals surface area contributed by atoms with Gasteiger partial charge in [0.05, 0.1) is 12.2 Å². The summed E-state index contributed by atoms with van der Waals surface area (Å²) >= 11 is 0. The fraction of sp³-hybridized carbons (Fsp3) is 0.333. The molecule has 2 rings (SSSR count). The van der Waals surface area contributed by atoms with Crippen LogP contribution in [-0.2, 0) is 13.1 Å². The summed E-state index contributed by atoms with van der Waals surface area (Å²) in [5, 5.41) is 3.05. The van der Waals surface area contributed by atoms with Gasteiger partial charge in [0, 0.05) is 37.9 Å². The highest BCUT2D eigenvalue weighted by Gasteiger charge is 2.03. The van der Waals surface area contributed by atoms with Gasteiger partial charge in [0.2, 0.25) is 0 Å². The van der Waals surface area contributed by atoms with Crippen LogP contribution in [0.15, 0.2) is 35.5 Å². The lowest BCUT2D eigenvalue weighted by Crippen LogP contribution is -2.24. The molecule has 0 aliphatic rings. The highest BCUT2D eigenvalue weighted by molar-refractivity contribution is 5.42. The fourth-order valence-electron chi connectivity index (χ4n) is 1.71. The van der Waals surface area contributed by atoms with E-state index in [2.05, 4.69) is 10.3 Å². The molecule has 2 aromatic heterocycles. The minimum atomic E-state index is 0.00385. The summed E-state index contributed by atoms with van der Waals surface area (Å²) < 4.78 is 3.33. The molecule has 2 heterocycles. The Kier molecular flexibility index (Phi) is 3.27. The predicted octanol–water partition coefficient (Wildman–Crippen LogP) is 1.15. The Bertz CT molecular complexity index is 556. The normalized spacial score (nSPS) is 10.5. The molecule has 0 spiro atoms. The lowest BCUT2D eigenvalue weighted by atomic mass is 10.3.